The fourth-order valence-electron chi connectivity index (χ4n) is 2.29. The summed E-state index contributed by atoms with van der Waals surface area (Å²) in [5, 5.41) is 8.74. The number of aromatic amines is 1. The number of H-pyrrole nitrogens is 1. The summed E-state index contributed by atoms with van der Waals surface area (Å²) in [5.74, 6) is -2.28. The lowest BCUT2D eigenvalue weighted by atomic mass is 9.80. The monoisotopic (exact) mass is 261 g/mol. The van der Waals surface area contributed by atoms with Gasteiger partial charge >= 0.3 is 6.18 Å². The topological polar surface area (TPSA) is 57.8 Å². The SMILES string of the molecule is O=C(Nc1cn[nH]c1)C1CCCC(C(F)(F)F)C1. The van der Waals surface area contributed by atoms with E-state index in [0.29, 0.717) is 18.5 Å². The van der Waals surface area contributed by atoms with Crippen LogP contribution in [-0.4, -0.2) is 22.3 Å². The number of carbonyl (C=O) groups is 1. The number of alkyl halides is 3. The van der Waals surface area contributed by atoms with Gasteiger partial charge in [-0.05, 0) is 19.3 Å². The van der Waals surface area contributed by atoms with Gasteiger partial charge in [0.1, 0.15) is 0 Å². The zero-order valence-corrected chi connectivity index (χ0v) is 9.63. The van der Waals surface area contributed by atoms with Crippen LogP contribution >= 0.6 is 0 Å². The number of aromatic nitrogens is 2. The predicted octanol–water partition coefficient (Wildman–Crippen LogP) is 2.72. The molecule has 7 heteroatoms. The molecule has 0 spiro atoms. The van der Waals surface area contributed by atoms with E-state index >= 15 is 0 Å². The Morgan fingerprint density at radius 3 is 2.83 bits per heavy atom. The largest absolute Gasteiger partial charge is 0.391 e. The molecule has 2 N–H and O–H groups in total. The molecule has 1 aliphatic carbocycles. The van der Waals surface area contributed by atoms with E-state index in [4.69, 9.17) is 0 Å². The fraction of sp³-hybridized carbons (Fsp3) is 0.636. The predicted molar refractivity (Wildman–Crippen MR) is 58.7 cm³/mol. The van der Waals surface area contributed by atoms with Crippen LogP contribution in [0.15, 0.2) is 12.4 Å². The van der Waals surface area contributed by atoms with Crippen molar-refractivity contribution >= 4 is 11.6 Å². The molecule has 2 atom stereocenters. The number of amides is 1. The van der Waals surface area contributed by atoms with E-state index < -0.39 is 18.0 Å². The number of hydrogen-bond donors (Lipinski definition) is 2. The molecule has 1 fully saturated rings. The van der Waals surface area contributed by atoms with E-state index in [1.807, 2.05) is 0 Å². The molecule has 2 unspecified atom stereocenters. The molecule has 0 radical (unpaired) electrons. The summed E-state index contributed by atoms with van der Waals surface area (Å²) in [5.41, 5.74) is 0.481. The van der Waals surface area contributed by atoms with Gasteiger partial charge in [0.2, 0.25) is 5.91 Å². The highest BCUT2D eigenvalue weighted by atomic mass is 19.4. The highest BCUT2D eigenvalue weighted by Crippen LogP contribution is 2.40. The molecule has 1 aliphatic rings. The van der Waals surface area contributed by atoms with Gasteiger partial charge in [-0.1, -0.05) is 6.42 Å². The van der Waals surface area contributed by atoms with Crippen molar-refractivity contribution in [2.24, 2.45) is 11.8 Å². The van der Waals surface area contributed by atoms with Crippen molar-refractivity contribution in [2.45, 2.75) is 31.9 Å². The third kappa shape index (κ3) is 3.02. The zero-order valence-electron chi connectivity index (χ0n) is 9.63. The van der Waals surface area contributed by atoms with Crippen LogP contribution in [0, 0.1) is 11.8 Å². The molecule has 0 bridgehead atoms. The Balaban J connectivity index is 1.94. The van der Waals surface area contributed by atoms with Gasteiger partial charge in [-0.25, -0.2) is 0 Å². The highest BCUT2D eigenvalue weighted by Gasteiger charge is 2.43. The Labute approximate surface area is 102 Å². The second-order valence-electron chi connectivity index (χ2n) is 4.58. The van der Waals surface area contributed by atoms with E-state index in [1.165, 1.54) is 12.4 Å². The molecule has 1 amide bonds. The first-order valence-corrected chi connectivity index (χ1v) is 5.83. The zero-order chi connectivity index (χ0) is 13.2. The Bertz CT molecular complexity index is 402. The van der Waals surface area contributed by atoms with Crippen LogP contribution in [0.1, 0.15) is 25.7 Å². The Morgan fingerprint density at radius 2 is 2.22 bits per heavy atom. The molecule has 1 saturated carbocycles. The average molecular weight is 261 g/mol. The minimum atomic E-state index is -4.20. The molecule has 0 aromatic carbocycles. The molecule has 18 heavy (non-hydrogen) atoms. The quantitative estimate of drug-likeness (QED) is 0.860. The number of nitrogens with one attached hydrogen (secondary N) is 2. The lowest BCUT2D eigenvalue weighted by Crippen LogP contribution is -2.34. The van der Waals surface area contributed by atoms with Gasteiger partial charge in [0.25, 0.3) is 0 Å². The Kier molecular flexibility index (Phi) is 3.58. The summed E-state index contributed by atoms with van der Waals surface area (Å²) in [6.45, 7) is 0. The maximum Gasteiger partial charge on any atom is 0.391 e. The minimum absolute atomic E-state index is 0.118. The second-order valence-corrected chi connectivity index (χ2v) is 4.58. The lowest BCUT2D eigenvalue weighted by Gasteiger charge is -2.29. The van der Waals surface area contributed by atoms with Crippen LogP contribution in [-0.2, 0) is 4.79 Å². The summed E-state index contributed by atoms with van der Waals surface area (Å²) >= 11 is 0. The van der Waals surface area contributed by atoms with Crippen molar-refractivity contribution in [1.29, 1.82) is 0 Å². The van der Waals surface area contributed by atoms with E-state index in [9.17, 15) is 18.0 Å². The van der Waals surface area contributed by atoms with Gasteiger partial charge in [0.05, 0.1) is 17.8 Å². The number of rotatable bonds is 2. The molecule has 0 aliphatic heterocycles. The van der Waals surface area contributed by atoms with Crippen LogP contribution < -0.4 is 5.32 Å². The molecule has 1 aromatic heterocycles. The average Bonchev–Trinajstić information content (AvgIpc) is 2.81. The van der Waals surface area contributed by atoms with Crippen LogP contribution in [0.5, 0.6) is 0 Å². The van der Waals surface area contributed by atoms with Crippen molar-refractivity contribution in [3.05, 3.63) is 12.4 Å². The van der Waals surface area contributed by atoms with Crippen molar-refractivity contribution in [2.75, 3.05) is 5.32 Å². The number of hydrogen-bond acceptors (Lipinski definition) is 2. The molecule has 1 heterocycles. The number of nitrogens with zero attached hydrogens (tertiary/aromatic N) is 1. The first-order valence-electron chi connectivity index (χ1n) is 5.83. The standard InChI is InChI=1S/C11H14F3N3O/c12-11(13,14)8-3-1-2-7(4-8)10(18)17-9-5-15-16-6-9/h5-8H,1-4H2,(H,15,16)(H,17,18). The number of halogens is 3. The van der Waals surface area contributed by atoms with Crippen LogP contribution in [0.3, 0.4) is 0 Å². The molecule has 100 valence electrons. The second kappa shape index (κ2) is 4.99. The lowest BCUT2D eigenvalue weighted by molar-refractivity contribution is -0.185. The summed E-state index contributed by atoms with van der Waals surface area (Å²) in [6.07, 6.45) is -0.339. The summed E-state index contributed by atoms with van der Waals surface area (Å²) in [6, 6.07) is 0. The van der Waals surface area contributed by atoms with Gasteiger partial charge in [0.15, 0.2) is 0 Å². The Morgan fingerprint density at radius 1 is 1.44 bits per heavy atom. The third-order valence-electron chi connectivity index (χ3n) is 3.27. The van der Waals surface area contributed by atoms with Crippen LogP contribution in [0.25, 0.3) is 0 Å². The van der Waals surface area contributed by atoms with E-state index in [1.54, 1.807) is 0 Å². The van der Waals surface area contributed by atoms with Gasteiger partial charge in [-0.15, -0.1) is 0 Å². The van der Waals surface area contributed by atoms with Crippen molar-refractivity contribution < 1.29 is 18.0 Å². The normalized spacial score (nSPS) is 24.8. The number of carbonyl (C=O) groups excluding carboxylic acids is 1. The van der Waals surface area contributed by atoms with E-state index in [0.717, 1.165) is 0 Å². The fourth-order valence-corrected chi connectivity index (χ4v) is 2.29. The maximum absolute atomic E-state index is 12.6. The van der Waals surface area contributed by atoms with Gasteiger partial charge < -0.3 is 5.32 Å². The molecule has 2 rings (SSSR count). The third-order valence-corrected chi connectivity index (χ3v) is 3.27. The highest BCUT2D eigenvalue weighted by molar-refractivity contribution is 5.92. The first kappa shape index (κ1) is 12.9. The molecule has 0 saturated heterocycles. The van der Waals surface area contributed by atoms with Crippen molar-refractivity contribution in [1.82, 2.24) is 10.2 Å². The maximum atomic E-state index is 12.6. The minimum Gasteiger partial charge on any atom is -0.323 e. The summed E-state index contributed by atoms with van der Waals surface area (Å²) in [7, 11) is 0. The van der Waals surface area contributed by atoms with E-state index in [-0.39, 0.29) is 18.7 Å². The Hall–Kier alpha value is -1.53. The summed E-state index contributed by atoms with van der Waals surface area (Å²) < 4.78 is 37.8. The first-order chi connectivity index (χ1) is 8.47. The summed E-state index contributed by atoms with van der Waals surface area (Å²) in [4.78, 5) is 11.8. The molecule has 4 nitrogen and oxygen atoms in total. The van der Waals surface area contributed by atoms with E-state index in [2.05, 4.69) is 15.5 Å². The number of anilines is 1. The van der Waals surface area contributed by atoms with Crippen LogP contribution in [0.2, 0.25) is 0 Å². The smallest absolute Gasteiger partial charge is 0.323 e. The van der Waals surface area contributed by atoms with Gasteiger partial charge in [-0.3, -0.25) is 9.89 Å². The molecule has 1 aromatic rings. The van der Waals surface area contributed by atoms with Gasteiger partial charge in [-0.2, -0.15) is 18.3 Å². The van der Waals surface area contributed by atoms with Crippen LogP contribution in [0.4, 0.5) is 18.9 Å². The molecular weight excluding hydrogens is 247 g/mol. The van der Waals surface area contributed by atoms with Crippen molar-refractivity contribution in [3.8, 4) is 0 Å². The van der Waals surface area contributed by atoms with Gasteiger partial charge in [0, 0.05) is 12.1 Å². The van der Waals surface area contributed by atoms with Crippen molar-refractivity contribution in [3.63, 3.8) is 0 Å². The molecular formula is C11H14F3N3O.